The quantitative estimate of drug-likeness (QED) is 0.738. The van der Waals surface area contributed by atoms with Crippen LogP contribution in [0.15, 0.2) is 12.4 Å². The zero-order valence-corrected chi connectivity index (χ0v) is 9.58. The number of nitrogens with one attached hydrogen (secondary N) is 2. The van der Waals surface area contributed by atoms with Gasteiger partial charge in [-0.3, -0.25) is 9.78 Å². The molecule has 0 aliphatic heterocycles. The topological polar surface area (TPSA) is 97.1 Å². The Morgan fingerprint density at radius 2 is 2.35 bits per heavy atom. The first-order valence-electron chi connectivity index (χ1n) is 5.28. The molecule has 0 fully saturated rings. The molecule has 2 heterocycles. The molecule has 0 aliphatic carbocycles. The molecule has 1 unspecified atom stereocenters. The number of likely N-dealkylation sites (N-methyl/N-ethyl adjacent to an activating group) is 1. The van der Waals surface area contributed by atoms with Gasteiger partial charge >= 0.3 is 0 Å². The molecule has 0 saturated carbocycles. The number of hydrogen-bond acceptors (Lipinski definition) is 6. The maximum absolute atomic E-state index is 11.6. The predicted octanol–water partition coefficient (Wildman–Crippen LogP) is -0.544. The van der Waals surface area contributed by atoms with Crippen molar-refractivity contribution in [1.82, 2.24) is 30.3 Å². The maximum Gasteiger partial charge on any atom is 0.242 e. The SMILES string of the molecule is CCNC(=O)C(C)Nc1cncc2nnnn12. The van der Waals surface area contributed by atoms with Crippen LogP contribution >= 0.6 is 0 Å². The fourth-order valence-corrected chi connectivity index (χ4v) is 1.39. The summed E-state index contributed by atoms with van der Waals surface area (Å²) in [5.41, 5.74) is 0.526. The van der Waals surface area contributed by atoms with E-state index in [0.29, 0.717) is 18.0 Å². The number of hydrogen-bond donors (Lipinski definition) is 2. The van der Waals surface area contributed by atoms with Crippen LogP contribution in [0.5, 0.6) is 0 Å². The van der Waals surface area contributed by atoms with Gasteiger partial charge in [-0.25, -0.2) is 0 Å². The molecule has 0 spiro atoms. The van der Waals surface area contributed by atoms with E-state index in [4.69, 9.17) is 0 Å². The molecule has 0 bridgehead atoms. The molecule has 0 aliphatic rings. The molecule has 90 valence electrons. The summed E-state index contributed by atoms with van der Waals surface area (Å²) in [6.45, 7) is 4.22. The van der Waals surface area contributed by atoms with E-state index >= 15 is 0 Å². The first-order valence-corrected chi connectivity index (χ1v) is 5.28. The number of carbonyl (C=O) groups is 1. The van der Waals surface area contributed by atoms with E-state index in [1.807, 2.05) is 6.92 Å². The molecular weight excluding hydrogens is 222 g/mol. The third-order valence-corrected chi connectivity index (χ3v) is 2.22. The van der Waals surface area contributed by atoms with Crippen molar-refractivity contribution in [3.05, 3.63) is 12.4 Å². The minimum atomic E-state index is -0.383. The fraction of sp³-hybridized carbons (Fsp3) is 0.444. The Labute approximate surface area is 97.4 Å². The number of rotatable bonds is 4. The van der Waals surface area contributed by atoms with Gasteiger partial charge in [-0.15, -0.1) is 5.10 Å². The Kier molecular flexibility index (Phi) is 3.12. The van der Waals surface area contributed by atoms with Gasteiger partial charge in [0.05, 0.1) is 12.4 Å². The van der Waals surface area contributed by atoms with Gasteiger partial charge < -0.3 is 10.6 Å². The average Bonchev–Trinajstić information content (AvgIpc) is 2.78. The van der Waals surface area contributed by atoms with E-state index < -0.39 is 0 Å². The highest BCUT2D eigenvalue weighted by Gasteiger charge is 2.13. The molecule has 0 radical (unpaired) electrons. The van der Waals surface area contributed by atoms with Crippen molar-refractivity contribution in [3.8, 4) is 0 Å². The number of amides is 1. The molecule has 8 nitrogen and oxygen atoms in total. The van der Waals surface area contributed by atoms with Crippen LogP contribution < -0.4 is 10.6 Å². The lowest BCUT2D eigenvalue weighted by atomic mass is 10.3. The number of fused-ring (bicyclic) bond motifs is 1. The summed E-state index contributed by atoms with van der Waals surface area (Å²) in [6, 6.07) is -0.383. The van der Waals surface area contributed by atoms with Crippen LogP contribution in [-0.2, 0) is 4.79 Å². The van der Waals surface area contributed by atoms with Crippen LogP contribution in [0.25, 0.3) is 5.65 Å². The van der Waals surface area contributed by atoms with Gasteiger partial charge in [-0.1, -0.05) is 0 Å². The van der Waals surface area contributed by atoms with Crippen molar-refractivity contribution in [1.29, 1.82) is 0 Å². The molecule has 1 amide bonds. The summed E-state index contributed by atoms with van der Waals surface area (Å²) in [6.07, 6.45) is 3.11. The third-order valence-electron chi connectivity index (χ3n) is 2.22. The predicted molar refractivity (Wildman–Crippen MR) is 60.3 cm³/mol. The van der Waals surface area contributed by atoms with E-state index in [1.54, 1.807) is 19.3 Å². The Balaban J connectivity index is 2.18. The molecular formula is C9H13N7O. The molecule has 8 heteroatoms. The zero-order valence-electron chi connectivity index (χ0n) is 9.58. The van der Waals surface area contributed by atoms with Crippen molar-refractivity contribution in [2.75, 3.05) is 11.9 Å². The second-order valence-corrected chi connectivity index (χ2v) is 3.50. The van der Waals surface area contributed by atoms with Gasteiger partial charge in [0.15, 0.2) is 11.5 Å². The van der Waals surface area contributed by atoms with E-state index in [0.717, 1.165) is 0 Å². The van der Waals surface area contributed by atoms with Gasteiger partial charge in [-0.2, -0.15) is 4.52 Å². The summed E-state index contributed by atoms with van der Waals surface area (Å²) >= 11 is 0. The third kappa shape index (κ3) is 2.30. The standard InChI is InChI=1S/C9H13N7O/c1-3-11-9(17)6(2)12-7-4-10-5-8-13-14-15-16(7)8/h4-6,12H,3H2,1-2H3,(H,11,17). The first kappa shape index (κ1) is 11.2. The van der Waals surface area contributed by atoms with Crippen LogP contribution in [0.2, 0.25) is 0 Å². The van der Waals surface area contributed by atoms with Gasteiger partial charge in [0.1, 0.15) is 6.04 Å². The van der Waals surface area contributed by atoms with E-state index in [1.165, 1.54) is 4.52 Å². The molecule has 2 N–H and O–H groups in total. The smallest absolute Gasteiger partial charge is 0.242 e. The van der Waals surface area contributed by atoms with Gasteiger partial charge in [0, 0.05) is 6.54 Å². The van der Waals surface area contributed by atoms with Gasteiger partial charge in [0.25, 0.3) is 0 Å². The Hall–Kier alpha value is -2.25. The van der Waals surface area contributed by atoms with Crippen molar-refractivity contribution in [3.63, 3.8) is 0 Å². The lowest BCUT2D eigenvalue weighted by Crippen LogP contribution is -2.37. The fourth-order valence-electron chi connectivity index (χ4n) is 1.39. The summed E-state index contributed by atoms with van der Waals surface area (Å²) in [4.78, 5) is 15.6. The first-order chi connectivity index (χ1) is 8.22. The van der Waals surface area contributed by atoms with Crippen molar-refractivity contribution < 1.29 is 4.79 Å². The van der Waals surface area contributed by atoms with E-state index in [2.05, 4.69) is 31.1 Å². The van der Waals surface area contributed by atoms with Crippen molar-refractivity contribution >= 4 is 17.4 Å². The normalized spacial score (nSPS) is 12.4. The summed E-state index contributed by atoms with van der Waals surface area (Å²) in [5, 5.41) is 16.8. The molecule has 0 saturated heterocycles. The van der Waals surface area contributed by atoms with Crippen LogP contribution in [-0.4, -0.2) is 43.5 Å². The van der Waals surface area contributed by atoms with Crippen LogP contribution in [0, 0.1) is 0 Å². The molecule has 2 rings (SSSR count). The van der Waals surface area contributed by atoms with Gasteiger partial charge in [0.2, 0.25) is 5.91 Å². The van der Waals surface area contributed by atoms with E-state index in [-0.39, 0.29) is 11.9 Å². The van der Waals surface area contributed by atoms with Crippen LogP contribution in [0.1, 0.15) is 13.8 Å². The molecule has 2 aromatic rings. The minimum absolute atomic E-state index is 0.0856. The zero-order chi connectivity index (χ0) is 12.3. The minimum Gasteiger partial charge on any atom is -0.357 e. The number of carbonyl (C=O) groups excluding carboxylic acids is 1. The maximum atomic E-state index is 11.6. The van der Waals surface area contributed by atoms with Crippen molar-refractivity contribution in [2.45, 2.75) is 19.9 Å². The highest BCUT2D eigenvalue weighted by Crippen LogP contribution is 2.07. The average molecular weight is 235 g/mol. The number of nitrogens with zero attached hydrogens (tertiary/aromatic N) is 5. The molecule has 17 heavy (non-hydrogen) atoms. The molecule has 0 aromatic carbocycles. The summed E-state index contributed by atoms with van der Waals surface area (Å²) < 4.78 is 1.49. The van der Waals surface area contributed by atoms with Crippen LogP contribution in [0.3, 0.4) is 0 Å². The number of aromatic nitrogens is 5. The van der Waals surface area contributed by atoms with E-state index in [9.17, 15) is 4.79 Å². The highest BCUT2D eigenvalue weighted by atomic mass is 16.2. The lowest BCUT2D eigenvalue weighted by Gasteiger charge is -2.14. The van der Waals surface area contributed by atoms with Gasteiger partial charge in [-0.05, 0) is 24.3 Å². The second kappa shape index (κ2) is 4.73. The Morgan fingerprint density at radius 1 is 1.53 bits per heavy atom. The molecule has 2 aromatic heterocycles. The number of anilines is 1. The Morgan fingerprint density at radius 3 is 3.12 bits per heavy atom. The largest absolute Gasteiger partial charge is 0.357 e. The summed E-state index contributed by atoms with van der Waals surface area (Å²) in [7, 11) is 0. The number of tetrazole rings is 1. The monoisotopic (exact) mass is 235 g/mol. The summed E-state index contributed by atoms with van der Waals surface area (Å²) in [5.74, 6) is 0.490. The Bertz CT molecular complexity index is 523. The molecule has 1 atom stereocenters. The second-order valence-electron chi connectivity index (χ2n) is 3.50. The lowest BCUT2D eigenvalue weighted by molar-refractivity contribution is -0.121. The van der Waals surface area contributed by atoms with Crippen molar-refractivity contribution in [2.24, 2.45) is 0 Å². The highest BCUT2D eigenvalue weighted by molar-refractivity contribution is 5.83. The van der Waals surface area contributed by atoms with Crippen LogP contribution in [0.4, 0.5) is 5.82 Å².